The number of ether oxygens (including phenoxy) is 2. The van der Waals surface area contributed by atoms with Crippen molar-refractivity contribution in [1.82, 2.24) is 9.88 Å². The van der Waals surface area contributed by atoms with Crippen LogP contribution in [0, 0.1) is 6.92 Å². The molecule has 0 saturated heterocycles. The lowest BCUT2D eigenvalue weighted by Gasteiger charge is -2.21. The van der Waals surface area contributed by atoms with Crippen LogP contribution in [-0.4, -0.2) is 42.6 Å². The van der Waals surface area contributed by atoms with Crippen LogP contribution >= 0.6 is 0 Å². The summed E-state index contributed by atoms with van der Waals surface area (Å²) in [5.41, 5.74) is 5.03. The average Bonchev–Trinajstić information content (AvgIpc) is 2.89. The van der Waals surface area contributed by atoms with E-state index in [0.29, 0.717) is 24.6 Å². The molecule has 0 unspecified atom stereocenters. The smallest absolute Gasteiger partial charge is 0.260 e. The van der Waals surface area contributed by atoms with E-state index in [1.54, 1.807) is 7.11 Å². The van der Waals surface area contributed by atoms with Crippen LogP contribution in [0.1, 0.15) is 16.8 Å². The molecule has 140 valence electrons. The van der Waals surface area contributed by atoms with Gasteiger partial charge in [-0.15, -0.1) is 0 Å². The number of fused-ring (bicyclic) bond motifs is 3. The molecule has 0 fully saturated rings. The number of nitrogens with one attached hydrogen (secondary N) is 1. The number of aryl methyl sites for hydroxylation is 1. The molecular formula is C22H24N2O3. The minimum atomic E-state index is 0.00606. The number of para-hydroxylation sites is 2. The van der Waals surface area contributed by atoms with Crippen molar-refractivity contribution in [2.75, 3.05) is 26.8 Å². The average molecular weight is 364 g/mol. The SMILES string of the molecule is COc1ccccc1OCC(=O)N1CCc2[nH]c3ccc(C)cc3c2CC1. The number of rotatable bonds is 4. The van der Waals surface area contributed by atoms with E-state index in [-0.39, 0.29) is 12.5 Å². The third-order valence-corrected chi connectivity index (χ3v) is 5.19. The van der Waals surface area contributed by atoms with Gasteiger partial charge >= 0.3 is 0 Å². The Hall–Kier alpha value is -2.95. The fourth-order valence-corrected chi connectivity index (χ4v) is 3.74. The van der Waals surface area contributed by atoms with Gasteiger partial charge in [0.2, 0.25) is 0 Å². The van der Waals surface area contributed by atoms with Crippen LogP contribution in [0.2, 0.25) is 0 Å². The fraction of sp³-hybridized carbons (Fsp3) is 0.318. The summed E-state index contributed by atoms with van der Waals surface area (Å²) in [6, 6.07) is 13.9. The van der Waals surface area contributed by atoms with Gasteiger partial charge in [-0.25, -0.2) is 0 Å². The number of hydrogen-bond donors (Lipinski definition) is 1. The molecule has 0 spiro atoms. The van der Waals surface area contributed by atoms with Crippen LogP contribution in [0.3, 0.4) is 0 Å². The molecule has 1 aromatic heterocycles. The molecule has 2 aromatic carbocycles. The number of amides is 1. The highest BCUT2D eigenvalue weighted by molar-refractivity contribution is 5.86. The summed E-state index contributed by atoms with van der Waals surface area (Å²) in [6.45, 7) is 3.55. The monoisotopic (exact) mass is 364 g/mol. The van der Waals surface area contributed by atoms with Crippen molar-refractivity contribution in [3.63, 3.8) is 0 Å². The first-order valence-electron chi connectivity index (χ1n) is 9.29. The summed E-state index contributed by atoms with van der Waals surface area (Å²) in [4.78, 5) is 18.1. The molecule has 27 heavy (non-hydrogen) atoms. The Labute approximate surface area is 158 Å². The maximum absolute atomic E-state index is 12.7. The lowest BCUT2D eigenvalue weighted by Crippen LogP contribution is -2.36. The predicted molar refractivity (Wildman–Crippen MR) is 106 cm³/mol. The van der Waals surface area contributed by atoms with E-state index < -0.39 is 0 Å². The Morgan fingerprint density at radius 1 is 1.11 bits per heavy atom. The molecule has 1 amide bonds. The van der Waals surface area contributed by atoms with Gasteiger partial charge in [0.15, 0.2) is 18.1 Å². The quantitative estimate of drug-likeness (QED) is 0.771. The van der Waals surface area contributed by atoms with Gasteiger partial charge in [-0.3, -0.25) is 4.79 Å². The maximum Gasteiger partial charge on any atom is 0.260 e. The van der Waals surface area contributed by atoms with Crippen molar-refractivity contribution < 1.29 is 14.3 Å². The first-order chi connectivity index (χ1) is 13.2. The highest BCUT2D eigenvalue weighted by Gasteiger charge is 2.22. The van der Waals surface area contributed by atoms with Gasteiger partial charge < -0.3 is 19.4 Å². The minimum absolute atomic E-state index is 0.00606. The van der Waals surface area contributed by atoms with E-state index in [4.69, 9.17) is 9.47 Å². The van der Waals surface area contributed by atoms with Crippen molar-refractivity contribution in [3.05, 3.63) is 59.3 Å². The molecule has 5 nitrogen and oxygen atoms in total. The van der Waals surface area contributed by atoms with Crippen LogP contribution < -0.4 is 9.47 Å². The number of carbonyl (C=O) groups is 1. The highest BCUT2D eigenvalue weighted by atomic mass is 16.5. The second-order valence-corrected chi connectivity index (χ2v) is 6.95. The van der Waals surface area contributed by atoms with Crippen molar-refractivity contribution in [3.8, 4) is 11.5 Å². The summed E-state index contributed by atoms with van der Waals surface area (Å²) in [5, 5.41) is 1.28. The summed E-state index contributed by atoms with van der Waals surface area (Å²) in [7, 11) is 1.60. The number of carbonyl (C=O) groups excluding carboxylic acids is 1. The number of H-pyrrole nitrogens is 1. The van der Waals surface area contributed by atoms with Crippen molar-refractivity contribution in [2.24, 2.45) is 0 Å². The van der Waals surface area contributed by atoms with Crippen molar-refractivity contribution >= 4 is 16.8 Å². The number of methoxy groups -OCH3 is 1. The van der Waals surface area contributed by atoms with Gasteiger partial charge in [-0.05, 0) is 43.2 Å². The van der Waals surface area contributed by atoms with Gasteiger partial charge in [0, 0.05) is 36.1 Å². The van der Waals surface area contributed by atoms with E-state index in [2.05, 4.69) is 30.1 Å². The Kier molecular flexibility index (Phi) is 4.75. The molecule has 0 atom stereocenters. The normalized spacial score (nSPS) is 13.9. The molecular weight excluding hydrogens is 340 g/mol. The van der Waals surface area contributed by atoms with E-state index in [9.17, 15) is 4.79 Å². The number of aromatic nitrogens is 1. The fourth-order valence-electron chi connectivity index (χ4n) is 3.74. The molecule has 2 heterocycles. The molecule has 1 aliphatic rings. The van der Waals surface area contributed by atoms with Gasteiger partial charge in [0.05, 0.1) is 7.11 Å². The number of hydrogen-bond acceptors (Lipinski definition) is 3. The Balaban J connectivity index is 1.43. The van der Waals surface area contributed by atoms with Gasteiger partial charge in [-0.1, -0.05) is 23.8 Å². The zero-order chi connectivity index (χ0) is 18.8. The van der Waals surface area contributed by atoms with Gasteiger partial charge in [0.1, 0.15) is 0 Å². The van der Waals surface area contributed by atoms with Crippen LogP contribution in [-0.2, 0) is 17.6 Å². The molecule has 4 rings (SSSR count). The van der Waals surface area contributed by atoms with E-state index >= 15 is 0 Å². The van der Waals surface area contributed by atoms with Crippen LogP contribution in [0.4, 0.5) is 0 Å². The van der Waals surface area contributed by atoms with Gasteiger partial charge in [-0.2, -0.15) is 0 Å². The Bertz CT molecular complexity index is 977. The Morgan fingerprint density at radius 2 is 1.89 bits per heavy atom. The van der Waals surface area contributed by atoms with E-state index in [1.807, 2.05) is 29.2 Å². The second kappa shape index (κ2) is 7.35. The van der Waals surface area contributed by atoms with E-state index in [1.165, 1.54) is 27.7 Å². The highest BCUT2D eigenvalue weighted by Crippen LogP contribution is 2.28. The molecule has 1 aliphatic heterocycles. The molecule has 1 N–H and O–H groups in total. The summed E-state index contributed by atoms with van der Waals surface area (Å²) >= 11 is 0. The maximum atomic E-state index is 12.7. The van der Waals surface area contributed by atoms with Crippen LogP contribution in [0.5, 0.6) is 11.5 Å². The van der Waals surface area contributed by atoms with Crippen molar-refractivity contribution in [1.29, 1.82) is 0 Å². The molecule has 0 bridgehead atoms. The molecule has 3 aromatic rings. The van der Waals surface area contributed by atoms with Gasteiger partial charge in [0.25, 0.3) is 5.91 Å². The topological polar surface area (TPSA) is 54.6 Å². The zero-order valence-electron chi connectivity index (χ0n) is 15.7. The lowest BCUT2D eigenvalue weighted by molar-refractivity contribution is -0.133. The zero-order valence-corrected chi connectivity index (χ0v) is 15.7. The number of benzene rings is 2. The Morgan fingerprint density at radius 3 is 2.70 bits per heavy atom. The first-order valence-corrected chi connectivity index (χ1v) is 9.29. The number of nitrogens with zero attached hydrogens (tertiary/aromatic N) is 1. The standard InChI is InChI=1S/C22H24N2O3/c1-15-7-8-18-17(13-15)16-9-11-24(12-10-19(16)23-18)22(25)14-27-21-6-4-3-5-20(21)26-2/h3-8,13,23H,9-12,14H2,1-2H3. The molecule has 0 aliphatic carbocycles. The van der Waals surface area contributed by atoms with Crippen molar-refractivity contribution in [2.45, 2.75) is 19.8 Å². The van der Waals surface area contributed by atoms with Crippen LogP contribution in [0.15, 0.2) is 42.5 Å². The largest absolute Gasteiger partial charge is 0.493 e. The van der Waals surface area contributed by atoms with Crippen LogP contribution in [0.25, 0.3) is 10.9 Å². The summed E-state index contributed by atoms with van der Waals surface area (Å²) in [5.74, 6) is 1.24. The molecule has 0 saturated carbocycles. The third-order valence-electron chi connectivity index (χ3n) is 5.19. The molecule has 0 radical (unpaired) electrons. The second-order valence-electron chi connectivity index (χ2n) is 6.95. The minimum Gasteiger partial charge on any atom is -0.493 e. The lowest BCUT2D eigenvalue weighted by atomic mass is 10.1. The summed E-state index contributed by atoms with van der Waals surface area (Å²) < 4.78 is 11.0. The number of aromatic amines is 1. The van der Waals surface area contributed by atoms with E-state index in [0.717, 1.165) is 12.8 Å². The first kappa shape index (κ1) is 17.5. The summed E-state index contributed by atoms with van der Waals surface area (Å²) in [6.07, 6.45) is 1.70. The molecule has 5 heteroatoms. The predicted octanol–water partition coefficient (Wildman–Crippen LogP) is 3.49. The third kappa shape index (κ3) is 3.50.